The molecule has 0 radical (unpaired) electrons. The largest absolute Gasteiger partial charge is 0.378 e. The van der Waals surface area contributed by atoms with E-state index in [0.717, 1.165) is 54.2 Å². The summed E-state index contributed by atoms with van der Waals surface area (Å²) >= 11 is 0. The number of anilines is 3. The van der Waals surface area contributed by atoms with Crippen molar-refractivity contribution in [2.75, 3.05) is 36.5 Å². The first-order valence-electron chi connectivity index (χ1n) is 10.7. The van der Waals surface area contributed by atoms with Gasteiger partial charge in [0.05, 0.1) is 18.6 Å². The van der Waals surface area contributed by atoms with Crippen molar-refractivity contribution in [3.8, 4) is 11.1 Å². The molecular weight excluding hydrogens is 418 g/mol. The van der Waals surface area contributed by atoms with E-state index in [0.29, 0.717) is 16.8 Å². The van der Waals surface area contributed by atoms with Crippen molar-refractivity contribution in [3.05, 3.63) is 82.9 Å². The van der Waals surface area contributed by atoms with Crippen LogP contribution in [-0.4, -0.2) is 42.2 Å². The van der Waals surface area contributed by atoms with Gasteiger partial charge in [-0.2, -0.15) is 0 Å². The predicted molar refractivity (Wildman–Crippen MR) is 129 cm³/mol. The van der Waals surface area contributed by atoms with Crippen molar-refractivity contribution in [2.24, 2.45) is 5.73 Å². The third-order valence-corrected chi connectivity index (χ3v) is 5.77. The molecule has 1 aliphatic rings. The zero-order chi connectivity index (χ0) is 22.8. The third-order valence-electron chi connectivity index (χ3n) is 5.77. The molecule has 0 saturated carbocycles. The maximum absolute atomic E-state index is 12.8. The lowest BCUT2D eigenvalue weighted by atomic mass is 9.99. The zero-order valence-corrected chi connectivity index (χ0v) is 17.9. The number of carbonyl (C=O) groups is 1. The van der Waals surface area contributed by atoms with Crippen molar-refractivity contribution < 1.29 is 9.53 Å². The summed E-state index contributed by atoms with van der Waals surface area (Å²) in [6.45, 7) is 3.19. The Labute approximate surface area is 190 Å². The van der Waals surface area contributed by atoms with Crippen molar-refractivity contribution in [3.63, 3.8) is 0 Å². The van der Waals surface area contributed by atoms with E-state index in [9.17, 15) is 9.59 Å². The number of carbonyl (C=O) groups excluding carboxylic acids is 1. The SMILES string of the molecule is NC(=O)c1cccc(-c2cnc(Nc3ccc(N4CCOCC4)cc3)c3c(=O)[nH]ccc23)c1. The average molecular weight is 441 g/mol. The number of hydrogen-bond acceptors (Lipinski definition) is 6. The number of hydrogen-bond donors (Lipinski definition) is 3. The highest BCUT2D eigenvalue weighted by Gasteiger charge is 2.15. The minimum atomic E-state index is -0.509. The number of amides is 1. The quantitative estimate of drug-likeness (QED) is 0.438. The number of nitrogens with two attached hydrogens (primary N) is 1. The molecule has 0 aliphatic carbocycles. The molecule has 166 valence electrons. The number of primary amides is 1. The monoisotopic (exact) mass is 441 g/mol. The number of ether oxygens (including phenoxy) is 1. The summed E-state index contributed by atoms with van der Waals surface area (Å²) in [5, 5.41) is 4.44. The molecule has 4 aromatic rings. The standard InChI is InChI=1S/C25H23N5O3/c26-23(31)17-3-1-2-16(14-17)21-15-28-24(22-20(21)8-9-27-25(22)32)29-18-4-6-19(7-5-18)30-10-12-33-13-11-30/h1-9,14-15H,10-13H2,(H2,26,31)(H,27,32)(H,28,29). The van der Waals surface area contributed by atoms with Crippen LogP contribution in [0.1, 0.15) is 10.4 Å². The van der Waals surface area contributed by atoms with Crippen LogP contribution in [0.2, 0.25) is 0 Å². The minimum Gasteiger partial charge on any atom is -0.378 e. The van der Waals surface area contributed by atoms with Crippen LogP contribution in [-0.2, 0) is 4.74 Å². The summed E-state index contributed by atoms with van der Waals surface area (Å²) in [6.07, 6.45) is 3.30. The molecule has 5 rings (SSSR count). The van der Waals surface area contributed by atoms with E-state index in [2.05, 4.69) is 20.2 Å². The summed E-state index contributed by atoms with van der Waals surface area (Å²) in [6, 6.07) is 16.9. The molecule has 1 aliphatic heterocycles. The average Bonchev–Trinajstić information content (AvgIpc) is 2.85. The van der Waals surface area contributed by atoms with E-state index >= 15 is 0 Å². The maximum atomic E-state index is 12.8. The van der Waals surface area contributed by atoms with Gasteiger partial charge in [0.15, 0.2) is 0 Å². The van der Waals surface area contributed by atoms with E-state index in [1.54, 1.807) is 30.6 Å². The summed E-state index contributed by atoms with van der Waals surface area (Å²) in [4.78, 5) is 34.0. The van der Waals surface area contributed by atoms with E-state index < -0.39 is 5.91 Å². The van der Waals surface area contributed by atoms with E-state index in [1.165, 1.54) is 0 Å². The lowest BCUT2D eigenvalue weighted by Gasteiger charge is -2.28. The highest BCUT2D eigenvalue weighted by molar-refractivity contribution is 6.03. The van der Waals surface area contributed by atoms with Gasteiger partial charge < -0.3 is 25.7 Å². The number of rotatable bonds is 5. The van der Waals surface area contributed by atoms with Crippen LogP contribution < -0.4 is 21.5 Å². The van der Waals surface area contributed by atoms with Gasteiger partial charge in [-0.25, -0.2) is 4.98 Å². The minimum absolute atomic E-state index is 0.250. The molecule has 3 heterocycles. The Morgan fingerprint density at radius 3 is 2.64 bits per heavy atom. The summed E-state index contributed by atoms with van der Waals surface area (Å²) in [5.41, 5.74) is 9.04. The molecule has 1 saturated heterocycles. The first-order chi connectivity index (χ1) is 16.1. The van der Waals surface area contributed by atoms with Crippen molar-refractivity contribution in [2.45, 2.75) is 0 Å². The van der Waals surface area contributed by atoms with Crippen molar-refractivity contribution >= 4 is 33.9 Å². The normalized spacial score (nSPS) is 13.8. The fraction of sp³-hybridized carbons (Fsp3) is 0.160. The van der Waals surface area contributed by atoms with E-state index in [1.807, 2.05) is 36.4 Å². The van der Waals surface area contributed by atoms with E-state index in [4.69, 9.17) is 10.5 Å². The molecule has 8 heteroatoms. The number of benzene rings is 2. The lowest BCUT2D eigenvalue weighted by molar-refractivity contribution is 0.100. The highest BCUT2D eigenvalue weighted by atomic mass is 16.5. The molecule has 0 atom stereocenters. The number of fused-ring (bicyclic) bond motifs is 1. The Hall–Kier alpha value is -4.17. The van der Waals surface area contributed by atoms with Gasteiger partial charge in [0, 0.05) is 53.4 Å². The highest BCUT2D eigenvalue weighted by Crippen LogP contribution is 2.31. The van der Waals surface area contributed by atoms with Gasteiger partial charge in [0.1, 0.15) is 5.82 Å². The number of nitrogens with one attached hydrogen (secondary N) is 2. The van der Waals surface area contributed by atoms with Crippen LogP contribution in [0.15, 0.2) is 71.8 Å². The maximum Gasteiger partial charge on any atom is 0.259 e. The van der Waals surface area contributed by atoms with Crippen molar-refractivity contribution in [1.82, 2.24) is 9.97 Å². The van der Waals surface area contributed by atoms with Crippen LogP contribution >= 0.6 is 0 Å². The fourth-order valence-electron chi connectivity index (χ4n) is 4.08. The number of aromatic nitrogens is 2. The van der Waals surface area contributed by atoms with Gasteiger partial charge >= 0.3 is 0 Å². The molecule has 2 aromatic heterocycles. The molecule has 0 unspecified atom stereocenters. The number of nitrogens with zero attached hydrogens (tertiary/aromatic N) is 2. The first kappa shape index (κ1) is 20.7. The van der Waals surface area contributed by atoms with Gasteiger partial charge in [0.2, 0.25) is 5.91 Å². The lowest BCUT2D eigenvalue weighted by Crippen LogP contribution is -2.36. The Kier molecular flexibility index (Phi) is 5.50. The fourth-order valence-corrected chi connectivity index (χ4v) is 4.08. The Balaban J connectivity index is 1.51. The number of morpholine rings is 1. The Morgan fingerprint density at radius 1 is 1.09 bits per heavy atom. The van der Waals surface area contributed by atoms with Crippen LogP contribution in [0.3, 0.4) is 0 Å². The summed E-state index contributed by atoms with van der Waals surface area (Å²) < 4.78 is 5.42. The van der Waals surface area contributed by atoms with Crippen LogP contribution in [0, 0.1) is 0 Å². The van der Waals surface area contributed by atoms with Gasteiger partial charge in [-0.15, -0.1) is 0 Å². The van der Waals surface area contributed by atoms with E-state index in [-0.39, 0.29) is 5.56 Å². The second kappa shape index (κ2) is 8.76. The smallest absolute Gasteiger partial charge is 0.259 e. The number of pyridine rings is 2. The molecule has 4 N–H and O–H groups in total. The zero-order valence-electron chi connectivity index (χ0n) is 17.9. The second-order valence-corrected chi connectivity index (χ2v) is 7.83. The number of aromatic amines is 1. The molecule has 33 heavy (non-hydrogen) atoms. The Bertz CT molecular complexity index is 1380. The predicted octanol–water partition coefficient (Wildman–Crippen LogP) is 3.27. The van der Waals surface area contributed by atoms with Gasteiger partial charge in [-0.05, 0) is 48.0 Å². The van der Waals surface area contributed by atoms with Gasteiger partial charge in [-0.1, -0.05) is 12.1 Å². The second-order valence-electron chi connectivity index (χ2n) is 7.83. The molecule has 1 fully saturated rings. The number of H-pyrrole nitrogens is 1. The Morgan fingerprint density at radius 2 is 1.88 bits per heavy atom. The molecule has 0 spiro atoms. The van der Waals surface area contributed by atoms with Crippen LogP contribution in [0.5, 0.6) is 0 Å². The topological polar surface area (TPSA) is 113 Å². The van der Waals surface area contributed by atoms with Gasteiger partial charge in [0.25, 0.3) is 5.56 Å². The third kappa shape index (κ3) is 4.16. The molecular formula is C25H23N5O3. The van der Waals surface area contributed by atoms with Crippen LogP contribution in [0.25, 0.3) is 21.9 Å². The first-order valence-corrected chi connectivity index (χ1v) is 10.7. The molecule has 0 bridgehead atoms. The molecule has 1 amide bonds. The van der Waals surface area contributed by atoms with Crippen molar-refractivity contribution in [1.29, 1.82) is 0 Å². The van der Waals surface area contributed by atoms with Gasteiger partial charge in [-0.3, -0.25) is 9.59 Å². The summed E-state index contributed by atoms with van der Waals surface area (Å²) in [5.74, 6) is -0.0495. The summed E-state index contributed by atoms with van der Waals surface area (Å²) in [7, 11) is 0. The molecule has 8 nitrogen and oxygen atoms in total. The molecule has 2 aromatic carbocycles. The van der Waals surface area contributed by atoms with Crippen LogP contribution in [0.4, 0.5) is 17.2 Å².